The SMILES string of the molecule is CC(C)NCc1ccncc1N1CCOC(C)C1. The van der Waals surface area contributed by atoms with Crippen LogP contribution in [0.25, 0.3) is 0 Å². The first-order chi connectivity index (χ1) is 8.66. The molecule has 2 heterocycles. The van der Waals surface area contributed by atoms with Crippen LogP contribution in [-0.4, -0.2) is 36.8 Å². The number of nitrogens with zero attached hydrogens (tertiary/aromatic N) is 2. The Labute approximate surface area is 109 Å². The molecule has 0 aliphatic carbocycles. The third-order valence-corrected chi connectivity index (χ3v) is 3.17. The average molecular weight is 249 g/mol. The van der Waals surface area contributed by atoms with Gasteiger partial charge in [0.2, 0.25) is 0 Å². The Morgan fingerprint density at radius 3 is 3.11 bits per heavy atom. The predicted molar refractivity (Wildman–Crippen MR) is 73.8 cm³/mol. The summed E-state index contributed by atoms with van der Waals surface area (Å²) in [5, 5.41) is 3.47. The van der Waals surface area contributed by atoms with Gasteiger partial charge in [-0.3, -0.25) is 4.98 Å². The zero-order valence-electron chi connectivity index (χ0n) is 11.5. The lowest BCUT2D eigenvalue weighted by Crippen LogP contribution is -2.41. The predicted octanol–water partition coefficient (Wildman–Crippen LogP) is 1.80. The summed E-state index contributed by atoms with van der Waals surface area (Å²) in [5.41, 5.74) is 2.55. The van der Waals surface area contributed by atoms with E-state index in [0.29, 0.717) is 12.1 Å². The molecule has 100 valence electrons. The van der Waals surface area contributed by atoms with Crippen molar-refractivity contribution in [2.45, 2.75) is 39.5 Å². The smallest absolute Gasteiger partial charge is 0.0722 e. The molecule has 0 bridgehead atoms. The Morgan fingerprint density at radius 1 is 1.56 bits per heavy atom. The molecule has 0 radical (unpaired) electrons. The molecule has 1 fully saturated rings. The molecule has 0 aromatic carbocycles. The molecule has 1 aliphatic rings. The van der Waals surface area contributed by atoms with Crippen molar-refractivity contribution in [1.29, 1.82) is 0 Å². The second-order valence-electron chi connectivity index (χ2n) is 5.17. The monoisotopic (exact) mass is 249 g/mol. The molecule has 1 aromatic heterocycles. The number of hydrogen-bond donors (Lipinski definition) is 1. The highest BCUT2D eigenvalue weighted by molar-refractivity contribution is 5.52. The van der Waals surface area contributed by atoms with Crippen molar-refractivity contribution in [1.82, 2.24) is 10.3 Å². The highest BCUT2D eigenvalue weighted by Crippen LogP contribution is 2.21. The molecule has 1 N–H and O–H groups in total. The molecule has 4 nitrogen and oxygen atoms in total. The molecule has 1 atom stereocenters. The van der Waals surface area contributed by atoms with Crippen LogP contribution in [0.4, 0.5) is 5.69 Å². The van der Waals surface area contributed by atoms with E-state index in [2.05, 4.69) is 42.0 Å². The molecule has 1 aromatic rings. The molecular weight excluding hydrogens is 226 g/mol. The van der Waals surface area contributed by atoms with Gasteiger partial charge in [0, 0.05) is 31.9 Å². The maximum Gasteiger partial charge on any atom is 0.0722 e. The standard InChI is InChI=1S/C14H23N3O/c1-11(2)16-8-13-4-5-15-9-14(13)17-6-7-18-12(3)10-17/h4-5,9,11-12,16H,6-8,10H2,1-3H3. The van der Waals surface area contributed by atoms with Crippen LogP contribution in [0.5, 0.6) is 0 Å². The highest BCUT2D eigenvalue weighted by Gasteiger charge is 2.19. The largest absolute Gasteiger partial charge is 0.375 e. The molecule has 0 amide bonds. The fraction of sp³-hybridized carbons (Fsp3) is 0.643. The van der Waals surface area contributed by atoms with Crippen molar-refractivity contribution >= 4 is 5.69 Å². The number of rotatable bonds is 4. The molecule has 4 heteroatoms. The number of anilines is 1. The van der Waals surface area contributed by atoms with Crippen LogP contribution in [0.2, 0.25) is 0 Å². The van der Waals surface area contributed by atoms with E-state index < -0.39 is 0 Å². The van der Waals surface area contributed by atoms with Crippen LogP contribution < -0.4 is 10.2 Å². The minimum atomic E-state index is 0.296. The summed E-state index contributed by atoms with van der Waals surface area (Å²) in [6.07, 6.45) is 4.13. The first kappa shape index (κ1) is 13.3. The molecule has 0 saturated carbocycles. The molecule has 1 unspecified atom stereocenters. The Bertz CT molecular complexity index is 381. The third kappa shape index (κ3) is 3.43. The van der Waals surface area contributed by atoms with Gasteiger partial charge in [-0.1, -0.05) is 13.8 Å². The van der Waals surface area contributed by atoms with E-state index in [1.165, 1.54) is 11.3 Å². The van der Waals surface area contributed by atoms with E-state index in [1.54, 1.807) is 0 Å². The van der Waals surface area contributed by atoms with Gasteiger partial charge < -0.3 is 15.0 Å². The molecule has 1 saturated heterocycles. The van der Waals surface area contributed by atoms with Gasteiger partial charge in [0.25, 0.3) is 0 Å². The first-order valence-corrected chi connectivity index (χ1v) is 6.69. The van der Waals surface area contributed by atoms with E-state index in [1.807, 2.05) is 12.4 Å². The second kappa shape index (κ2) is 6.16. The van der Waals surface area contributed by atoms with Crippen LogP contribution in [0, 0.1) is 0 Å². The Morgan fingerprint density at radius 2 is 2.39 bits per heavy atom. The van der Waals surface area contributed by atoms with Crippen LogP contribution in [0.1, 0.15) is 26.3 Å². The Hall–Kier alpha value is -1.13. The van der Waals surface area contributed by atoms with Crippen molar-refractivity contribution in [2.75, 3.05) is 24.6 Å². The van der Waals surface area contributed by atoms with E-state index in [4.69, 9.17) is 4.74 Å². The first-order valence-electron chi connectivity index (χ1n) is 6.69. The molecular formula is C14H23N3O. The van der Waals surface area contributed by atoms with Gasteiger partial charge in [0.1, 0.15) is 0 Å². The summed E-state index contributed by atoms with van der Waals surface area (Å²) in [7, 11) is 0. The number of pyridine rings is 1. The summed E-state index contributed by atoms with van der Waals surface area (Å²) in [5.74, 6) is 0. The number of morpholine rings is 1. The Kier molecular flexibility index (Phi) is 4.55. The van der Waals surface area contributed by atoms with Gasteiger partial charge >= 0.3 is 0 Å². The van der Waals surface area contributed by atoms with Gasteiger partial charge in [-0.15, -0.1) is 0 Å². The molecule has 0 spiro atoms. The van der Waals surface area contributed by atoms with Gasteiger partial charge in [0.15, 0.2) is 0 Å². The van der Waals surface area contributed by atoms with Gasteiger partial charge in [-0.2, -0.15) is 0 Å². The third-order valence-electron chi connectivity index (χ3n) is 3.17. The normalized spacial score (nSPS) is 20.4. The van der Waals surface area contributed by atoms with E-state index in [0.717, 1.165) is 26.2 Å². The van der Waals surface area contributed by atoms with E-state index in [9.17, 15) is 0 Å². The zero-order valence-corrected chi connectivity index (χ0v) is 11.5. The van der Waals surface area contributed by atoms with Gasteiger partial charge in [-0.25, -0.2) is 0 Å². The fourth-order valence-electron chi connectivity index (χ4n) is 2.20. The average Bonchev–Trinajstić information content (AvgIpc) is 2.36. The van der Waals surface area contributed by atoms with Crippen molar-refractivity contribution in [2.24, 2.45) is 0 Å². The van der Waals surface area contributed by atoms with E-state index >= 15 is 0 Å². The van der Waals surface area contributed by atoms with Crippen molar-refractivity contribution in [3.05, 3.63) is 24.0 Å². The highest BCUT2D eigenvalue weighted by atomic mass is 16.5. The summed E-state index contributed by atoms with van der Waals surface area (Å²) < 4.78 is 5.59. The summed E-state index contributed by atoms with van der Waals surface area (Å²) in [6, 6.07) is 2.60. The fourth-order valence-corrected chi connectivity index (χ4v) is 2.20. The molecule has 18 heavy (non-hydrogen) atoms. The summed E-state index contributed by atoms with van der Waals surface area (Å²) in [4.78, 5) is 6.64. The zero-order chi connectivity index (χ0) is 13.0. The lowest BCUT2D eigenvalue weighted by atomic mass is 10.1. The lowest BCUT2D eigenvalue weighted by molar-refractivity contribution is 0.0531. The number of hydrogen-bond acceptors (Lipinski definition) is 4. The summed E-state index contributed by atoms with van der Waals surface area (Å²) in [6.45, 7) is 10.0. The van der Waals surface area contributed by atoms with Crippen LogP contribution >= 0.6 is 0 Å². The van der Waals surface area contributed by atoms with Crippen LogP contribution in [0.3, 0.4) is 0 Å². The minimum Gasteiger partial charge on any atom is -0.375 e. The molecule has 2 rings (SSSR count). The number of nitrogens with one attached hydrogen (secondary N) is 1. The quantitative estimate of drug-likeness (QED) is 0.883. The lowest BCUT2D eigenvalue weighted by Gasteiger charge is -2.34. The maximum atomic E-state index is 5.59. The summed E-state index contributed by atoms with van der Waals surface area (Å²) >= 11 is 0. The molecule has 1 aliphatic heterocycles. The van der Waals surface area contributed by atoms with E-state index in [-0.39, 0.29) is 0 Å². The topological polar surface area (TPSA) is 37.4 Å². The second-order valence-corrected chi connectivity index (χ2v) is 5.17. The maximum absolute atomic E-state index is 5.59. The van der Waals surface area contributed by atoms with Crippen LogP contribution in [-0.2, 0) is 11.3 Å². The van der Waals surface area contributed by atoms with Crippen molar-refractivity contribution < 1.29 is 4.74 Å². The van der Waals surface area contributed by atoms with Crippen LogP contribution in [0.15, 0.2) is 18.5 Å². The van der Waals surface area contributed by atoms with Gasteiger partial charge in [0.05, 0.1) is 24.6 Å². The number of ether oxygens (including phenoxy) is 1. The van der Waals surface area contributed by atoms with Gasteiger partial charge in [-0.05, 0) is 18.6 Å². The Balaban J connectivity index is 2.10. The van der Waals surface area contributed by atoms with Crippen molar-refractivity contribution in [3.63, 3.8) is 0 Å². The minimum absolute atomic E-state index is 0.296. The van der Waals surface area contributed by atoms with Crippen molar-refractivity contribution in [3.8, 4) is 0 Å². The number of aromatic nitrogens is 1.